The molecule has 0 aromatic heterocycles. The molecule has 68 heavy (non-hydrogen) atoms. The Morgan fingerprint density at radius 1 is 0.353 bits per heavy atom. The molecule has 4 atom stereocenters. The average molecular weight is 967 g/mol. The topological polar surface area (TPSA) is 273 Å². The van der Waals surface area contributed by atoms with Crippen LogP contribution in [0.3, 0.4) is 0 Å². The van der Waals surface area contributed by atoms with Gasteiger partial charge in [0.25, 0.3) is 11.8 Å². The maximum atomic E-state index is 14.4. The highest BCUT2D eigenvalue weighted by atomic mass is 16.6. The van der Waals surface area contributed by atoms with Crippen molar-refractivity contribution in [3.8, 4) is 0 Å². The SMILES string of the molecule is CCCCCCCCCCCCCCCC(=O)O[C@@H](C(=O)N[C@@H](CCCCN)C(=O)NCCN)[C@@H](OC(=O)CCCCCCCCCCCCCCC)C(=O)N[C@@H](CCCCN)C(=O)NCCN. The van der Waals surface area contributed by atoms with Gasteiger partial charge >= 0.3 is 11.9 Å². The minimum atomic E-state index is -1.98. The maximum absolute atomic E-state index is 14.4. The number of hydrogen-bond donors (Lipinski definition) is 8. The molecule has 0 bridgehead atoms. The lowest BCUT2D eigenvalue weighted by atomic mass is 10.0. The minimum absolute atomic E-state index is 0.0388. The first kappa shape index (κ1) is 64.7. The third-order valence-corrected chi connectivity index (χ3v) is 12.3. The van der Waals surface area contributed by atoms with Gasteiger partial charge in [-0.1, -0.05) is 168 Å². The summed E-state index contributed by atoms with van der Waals surface area (Å²) >= 11 is 0. The first-order chi connectivity index (χ1) is 33.1. The van der Waals surface area contributed by atoms with Gasteiger partial charge < -0.3 is 53.7 Å². The second kappa shape index (κ2) is 47.3. The summed E-state index contributed by atoms with van der Waals surface area (Å²) in [6.45, 7) is 5.82. The molecule has 0 saturated heterocycles. The molecule has 4 amide bonds. The third kappa shape index (κ3) is 36.6. The number of nitrogens with one attached hydrogen (secondary N) is 4. The normalized spacial score (nSPS) is 13.0. The first-order valence-electron chi connectivity index (χ1n) is 27.4. The molecule has 0 aliphatic rings. The Bertz CT molecular complexity index is 1180. The number of rotatable bonds is 49. The van der Waals surface area contributed by atoms with Crippen LogP contribution in [0.2, 0.25) is 0 Å². The molecule has 0 unspecified atom stereocenters. The molecular formula is C52H102N8O8. The lowest BCUT2D eigenvalue weighted by Gasteiger charge is -2.29. The van der Waals surface area contributed by atoms with Crippen molar-refractivity contribution in [3.63, 3.8) is 0 Å². The summed E-state index contributed by atoms with van der Waals surface area (Å²) in [4.78, 5) is 82.6. The van der Waals surface area contributed by atoms with Gasteiger partial charge in [0.05, 0.1) is 0 Å². The maximum Gasteiger partial charge on any atom is 0.306 e. The van der Waals surface area contributed by atoms with Crippen molar-refractivity contribution in [2.24, 2.45) is 22.9 Å². The monoisotopic (exact) mass is 967 g/mol. The van der Waals surface area contributed by atoms with Gasteiger partial charge in [0.2, 0.25) is 24.0 Å². The largest absolute Gasteiger partial charge is 0.448 e. The molecule has 0 radical (unpaired) electrons. The highest BCUT2D eigenvalue weighted by molar-refractivity contribution is 5.97. The van der Waals surface area contributed by atoms with Crippen LogP contribution in [0, 0.1) is 0 Å². The van der Waals surface area contributed by atoms with E-state index < -0.39 is 59.9 Å². The van der Waals surface area contributed by atoms with Gasteiger partial charge in [-0.05, 0) is 64.5 Å². The minimum Gasteiger partial charge on any atom is -0.448 e. The van der Waals surface area contributed by atoms with E-state index >= 15 is 0 Å². The molecule has 0 rings (SSSR count). The van der Waals surface area contributed by atoms with Crippen molar-refractivity contribution in [3.05, 3.63) is 0 Å². The third-order valence-electron chi connectivity index (χ3n) is 12.3. The van der Waals surface area contributed by atoms with E-state index in [1.807, 2.05) is 0 Å². The van der Waals surface area contributed by atoms with Crippen LogP contribution in [0.5, 0.6) is 0 Å². The van der Waals surface area contributed by atoms with E-state index in [9.17, 15) is 28.8 Å². The molecule has 0 aromatic rings. The summed E-state index contributed by atoms with van der Waals surface area (Å²) in [5.41, 5.74) is 22.7. The summed E-state index contributed by atoms with van der Waals surface area (Å²) in [6, 6.07) is -2.20. The molecule has 16 nitrogen and oxygen atoms in total. The van der Waals surface area contributed by atoms with Gasteiger partial charge in [-0.3, -0.25) is 28.8 Å². The summed E-state index contributed by atoms with van der Waals surface area (Å²) in [5, 5.41) is 10.7. The summed E-state index contributed by atoms with van der Waals surface area (Å²) in [6.07, 6.45) is 27.6. The molecule has 0 aliphatic carbocycles. The first-order valence-corrected chi connectivity index (χ1v) is 27.4. The molecule has 16 heteroatoms. The van der Waals surface area contributed by atoms with Crippen LogP contribution in [-0.4, -0.2) is 99.1 Å². The van der Waals surface area contributed by atoms with Gasteiger partial charge in [-0.25, -0.2) is 0 Å². The second-order valence-corrected chi connectivity index (χ2v) is 18.7. The number of unbranched alkanes of at least 4 members (excludes halogenated alkanes) is 26. The van der Waals surface area contributed by atoms with Crippen LogP contribution in [0.1, 0.15) is 232 Å². The molecule has 0 saturated carbocycles. The standard InChI is InChI=1S/C52H102N8O8/c1-3-5-7-9-11-13-15-17-19-21-23-25-27-35-45(61)67-47(51(65)59-43(33-29-31-37-53)49(63)57-41-39-55)48(52(66)60-44(34-30-32-38-54)50(64)58-42-40-56)68-46(62)36-28-26-24-22-20-18-16-14-12-10-8-6-4-2/h43-44,47-48H,3-42,53-56H2,1-2H3,(H,57,63)(H,58,64)(H,59,65)(H,60,66)/t43-,44-,47+,48+/m0/s1. The molecule has 0 heterocycles. The van der Waals surface area contributed by atoms with Crippen molar-refractivity contribution >= 4 is 35.6 Å². The van der Waals surface area contributed by atoms with Crippen molar-refractivity contribution in [2.75, 3.05) is 39.3 Å². The molecule has 0 spiro atoms. The number of ether oxygens (including phenoxy) is 2. The van der Waals surface area contributed by atoms with Gasteiger partial charge in [0, 0.05) is 39.0 Å². The zero-order valence-corrected chi connectivity index (χ0v) is 43.2. The Hall–Kier alpha value is -3.34. The summed E-state index contributed by atoms with van der Waals surface area (Å²) in [7, 11) is 0. The fraction of sp³-hybridized carbons (Fsp3) is 0.885. The highest BCUT2D eigenvalue weighted by Gasteiger charge is 2.42. The van der Waals surface area contributed by atoms with Gasteiger partial charge in [-0.15, -0.1) is 0 Å². The van der Waals surface area contributed by atoms with Crippen LogP contribution in [-0.2, 0) is 38.2 Å². The summed E-state index contributed by atoms with van der Waals surface area (Å²) in [5.74, 6) is -4.54. The quantitative estimate of drug-likeness (QED) is 0.0223. The molecular weight excluding hydrogens is 865 g/mol. The predicted molar refractivity (Wildman–Crippen MR) is 274 cm³/mol. The van der Waals surface area contributed by atoms with Crippen LogP contribution in [0.25, 0.3) is 0 Å². The molecule has 12 N–H and O–H groups in total. The Balaban J connectivity index is 6.21. The predicted octanol–water partition coefficient (Wildman–Crippen LogP) is 7.15. The zero-order chi connectivity index (χ0) is 50.3. The summed E-state index contributed by atoms with van der Waals surface area (Å²) < 4.78 is 11.6. The van der Waals surface area contributed by atoms with Gasteiger partial charge in [-0.2, -0.15) is 0 Å². The number of esters is 2. The Morgan fingerprint density at radius 2 is 0.632 bits per heavy atom. The number of amides is 4. The van der Waals surface area contributed by atoms with Gasteiger partial charge in [0.1, 0.15) is 12.1 Å². The van der Waals surface area contributed by atoms with Gasteiger partial charge in [0.15, 0.2) is 0 Å². The van der Waals surface area contributed by atoms with E-state index in [0.717, 1.165) is 51.4 Å². The fourth-order valence-electron chi connectivity index (χ4n) is 8.15. The molecule has 0 aliphatic heterocycles. The van der Waals surface area contributed by atoms with Crippen molar-refractivity contribution < 1.29 is 38.2 Å². The lowest BCUT2D eigenvalue weighted by Crippen LogP contribution is -2.59. The zero-order valence-electron chi connectivity index (χ0n) is 43.2. The van der Waals surface area contributed by atoms with Crippen molar-refractivity contribution in [1.29, 1.82) is 0 Å². The Labute approximate surface area is 412 Å². The van der Waals surface area contributed by atoms with Crippen LogP contribution < -0.4 is 44.2 Å². The molecule has 398 valence electrons. The van der Waals surface area contributed by atoms with E-state index in [2.05, 4.69) is 35.1 Å². The highest BCUT2D eigenvalue weighted by Crippen LogP contribution is 2.18. The van der Waals surface area contributed by atoms with E-state index in [4.69, 9.17) is 32.4 Å². The van der Waals surface area contributed by atoms with E-state index in [1.54, 1.807) is 0 Å². The number of carbonyl (C=O) groups excluding carboxylic acids is 6. The number of carbonyl (C=O) groups is 6. The molecule has 0 aromatic carbocycles. The van der Waals surface area contributed by atoms with Crippen LogP contribution >= 0.6 is 0 Å². The van der Waals surface area contributed by atoms with E-state index in [1.165, 1.54) is 103 Å². The second-order valence-electron chi connectivity index (χ2n) is 18.7. The van der Waals surface area contributed by atoms with Crippen LogP contribution in [0.15, 0.2) is 0 Å². The number of hydrogen-bond acceptors (Lipinski definition) is 12. The Morgan fingerprint density at radius 3 is 0.897 bits per heavy atom. The van der Waals surface area contributed by atoms with E-state index in [-0.39, 0.29) is 51.9 Å². The fourth-order valence-corrected chi connectivity index (χ4v) is 8.15. The van der Waals surface area contributed by atoms with Crippen molar-refractivity contribution in [1.82, 2.24) is 21.3 Å². The molecule has 0 fully saturated rings. The Kier molecular flexibility index (Phi) is 45.0. The van der Waals surface area contributed by atoms with Crippen molar-refractivity contribution in [2.45, 2.75) is 256 Å². The lowest BCUT2D eigenvalue weighted by molar-refractivity contribution is -0.177. The van der Waals surface area contributed by atoms with E-state index in [0.29, 0.717) is 51.6 Å². The average Bonchev–Trinajstić information content (AvgIpc) is 3.33. The smallest absolute Gasteiger partial charge is 0.306 e. The van der Waals surface area contributed by atoms with Crippen LogP contribution in [0.4, 0.5) is 0 Å². The number of nitrogens with two attached hydrogens (primary N) is 4.